The Kier molecular flexibility index (Phi) is 5.19. The molecule has 128 valence electrons. The molecule has 0 aliphatic rings. The molecule has 4 aromatic rings. The van der Waals surface area contributed by atoms with Crippen LogP contribution in [-0.2, 0) is 13.1 Å². The van der Waals surface area contributed by atoms with Gasteiger partial charge in [0.2, 0.25) is 0 Å². The molecule has 4 rings (SSSR count). The summed E-state index contributed by atoms with van der Waals surface area (Å²) in [6.07, 6.45) is 1.97. The maximum absolute atomic E-state index is 4.56. The minimum Gasteiger partial charge on any atom is -0.306 e. The third-order valence-electron chi connectivity index (χ3n) is 4.28. The van der Waals surface area contributed by atoms with Crippen LogP contribution < -0.4 is 5.32 Å². The van der Waals surface area contributed by atoms with Gasteiger partial charge in [0.25, 0.3) is 0 Å². The first-order chi connectivity index (χ1) is 12.9. The van der Waals surface area contributed by atoms with Gasteiger partial charge in [0.15, 0.2) is 0 Å². The molecule has 0 bridgehead atoms. The molecule has 0 fully saturated rings. The highest BCUT2D eigenvalue weighted by molar-refractivity contribution is 7.15. The van der Waals surface area contributed by atoms with Crippen LogP contribution in [0.2, 0.25) is 0 Å². The summed E-state index contributed by atoms with van der Waals surface area (Å²) in [6, 6.07) is 29.6. The van der Waals surface area contributed by atoms with Crippen LogP contribution in [-0.4, -0.2) is 4.98 Å². The minimum atomic E-state index is 0.793. The molecule has 0 unspecified atom stereocenters. The van der Waals surface area contributed by atoms with E-state index in [0.717, 1.165) is 18.1 Å². The van der Waals surface area contributed by atoms with Crippen LogP contribution in [0.4, 0.5) is 0 Å². The number of hydrogen-bond donors (Lipinski definition) is 1. The van der Waals surface area contributed by atoms with Crippen molar-refractivity contribution in [2.75, 3.05) is 0 Å². The Hall–Kier alpha value is -2.75. The van der Waals surface area contributed by atoms with Crippen molar-refractivity contribution in [2.24, 2.45) is 0 Å². The Morgan fingerprint density at radius 1 is 0.654 bits per heavy atom. The summed E-state index contributed by atoms with van der Waals surface area (Å²) in [5, 5.41) is 4.58. The monoisotopic (exact) mass is 356 g/mol. The Bertz CT molecular complexity index is 944. The predicted molar refractivity (Wildman–Crippen MR) is 110 cm³/mol. The van der Waals surface area contributed by atoms with Crippen molar-refractivity contribution in [3.8, 4) is 21.6 Å². The lowest BCUT2D eigenvalue weighted by atomic mass is 10.0. The first-order valence-electron chi connectivity index (χ1n) is 8.74. The standard InChI is InChI=1S/C23H20N2S/c1-3-7-18(8-4-1)15-24-17-23-25-16-22(26-23)21-13-11-20(12-14-21)19-9-5-2-6-10-19/h1-14,16,24H,15,17H2. The van der Waals surface area contributed by atoms with Crippen molar-refractivity contribution in [1.82, 2.24) is 10.3 Å². The zero-order valence-electron chi connectivity index (χ0n) is 14.4. The molecule has 0 saturated heterocycles. The molecule has 0 radical (unpaired) electrons. The smallest absolute Gasteiger partial charge is 0.107 e. The summed E-state index contributed by atoms with van der Waals surface area (Å²) in [4.78, 5) is 5.77. The van der Waals surface area contributed by atoms with E-state index in [1.165, 1.54) is 27.1 Å². The highest BCUT2D eigenvalue weighted by Gasteiger charge is 2.05. The van der Waals surface area contributed by atoms with Crippen LogP contribution in [0, 0.1) is 0 Å². The summed E-state index contributed by atoms with van der Waals surface area (Å²) in [7, 11) is 0. The summed E-state index contributed by atoms with van der Waals surface area (Å²) in [6.45, 7) is 1.66. The van der Waals surface area contributed by atoms with Crippen molar-refractivity contribution in [3.63, 3.8) is 0 Å². The Balaban J connectivity index is 1.39. The maximum Gasteiger partial charge on any atom is 0.107 e. The fraction of sp³-hybridized carbons (Fsp3) is 0.0870. The fourth-order valence-corrected chi connectivity index (χ4v) is 3.79. The molecular weight excluding hydrogens is 336 g/mol. The molecule has 3 aromatic carbocycles. The van der Waals surface area contributed by atoms with Crippen molar-refractivity contribution < 1.29 is 0 Å². The Labute approximate surface area is 158 Å². The van der Waals surface area contributed by atoms with E-state index in [-0.39, 0.29) is 0 Å². The van der Waals surface area contributed by atoms with E-state index in [1.807, 2.05) is 18.3 Å². The first-order valence-corrected chi connectivity index (χ1v) is 9.55. The first kappa shape index (κ1) is 16.7. The van der Waals surface area contributed by atoms with Gasteiger partial charge in [-0.3, -0.25) is 0 Å². The summed E-state index contributed by atoms with van der Waals surface area (Å²) >= 11 is 1.75. The zero-order chi connectivity index (χ0) is 17.6. The van der Waals surface area contributed by atoms with Gasteiger partial charge in [0, 0.05) is 19.3 Å². The highest BCUT2D eigenvalue weighted by atomic mass is 32.1. The van der Waals surface area contributed by atoms with E-state index in [0.29, 0.717) is 0 Å². The van der Waals surface area contributed by atoms with Gasteiger partial charge in [-0.05, 0) is 22.3 Å². The van der Waals surface area contributed by atoms with Crippen LogP contribution in [0.3, 0.4) is 0 Å². The van der Waals surface area contributed by atoms with Crippen LogP contribution in [0.5, 0.6) is 0 Å². The van der Waals surface area contributed by atoms with E-state index < -0.39 is 0 Å². The van der Waals surface area contributed by atoms with Gasteiger partial charge >= 0.3 is 0 Å². The molecule has 0 atom stereocenters. The predicted octanol–water partition coefficient (Wildman–Crippen LogP) is 5.77. The average Bonchev–Trinajstić information content (AvgIpc) is 3.19. The molecule has 1 aromatic heterocycles. The number of aromatic nitrogens is 1. The van der Waals surface area contributed by atoms with E-state index in [1.54, 1.807) is 11.3 Å². The number of hydrogen-bond acceptors (Lipinski definition) is 3. The molecular formula is C23H20N2S. The van der Waals surface area contributed by atoms with Crippen LogP contribution in [0.25, 0.3) is 21.6 Å². The molecule has 0 spiro atoms. The molecule has 0 aliphatic carbocycles. The minimum absolute atomic E-state index is 0.793. The van der Waals surface area contributed by atoms with Crippen LogP contribution in [0.15, 0.2) is 91.1 Å². The van der Waals surface area contributed by atoms with Crippen molar-refractivity contribution in [1.29, 1.82) is 0 Å². The van der Waals surface area contributed by atoms with Gasteiger partial charge in [-0.15, -0.1) is 11.3 Å². The van der Waals surface area contributed by atoms with Gasteiger partial charge in [-0.1, -0.05) is 84.9 Å². The number of rotatable bonds is 6. The van der Waals surface area contributed by atoms with E-state index >= 15 is 0 Å². The third kappa shape index (κ3) is 4.07. The SMILES string of the molecule is c1ccc(CNCc2ncc(-c3ccc(-c4ccccc4)cc3)s2)cc1. The molecule has 1 N–H and O–H groups in total. The van der Waals surface area contributed by atoms with E-state index in [2.05, 4.69) is 83.1 Å². The lowest BCUT2D eigenvalue weighted by Gasteiger charge is -2.03. The van der Waals surface area contributed by atoms with Crippen molar-refractivity contribution in [2.45, 2.75) is 13.1 Å². The van der Waals surface area contributed by atoms with Crippen molar-refractivity contribution in [3.05, 3.63) is 102 Å². The second-order valence-corrected chi connectivity index (χ2v) is 7.27. The topological polar surface area (TPSA) is 24.9 Å². The summed E-state index contributed by atoms with van der Waals surface area (Å²) < 4.78 is 0. The second kappa shape index (κ2) is 8.09. The second-order valence-electron chi connectivity index (χ2n) is 6.15. The molecule has 0 aliphatic heterocycles. The van der Waals surface area contributed by atoms with Gasteiger partial charge in [0.1, 0.15) is 5.01 Å². The zero-order valence-corrected chi connectivity index (χ0v) is 15.2. The molecule has 2 nitrogen and oxygen atoms in total. The van der Waals surface area contributed by atoms with Crippen molar-refractivity contribution >= 4 is 11.3 Å². The molecule has 1 heterocycles. The van der Waals surface area contributed by atoms with Gasteiger partial charge in [-0.25, -0.2) is 4.98 Å². The largest absolute Gasteiger partial charge is 0.306 e. The van der Waals surface area contributed by atoms with E-state index in [4.69, 9.17) is 0 Å². The van der Waals surface area contributed by atoms with Gasteiger partial charge in [0.05, 0.1) is 4.88 Å². The normalized spacial score (nSPS) is 10.8. The average molecular weight is 356 g/mol. The highest BCUT2D eigenvalue weighted by Crippen LogP contribution is 2.28. The van der Waals surface area contributed by atoms with E-state index in [9.17, 15) is 0 Å². The molecule has 0 amide bonds. The Morgan fingerprint density at radius 2 is 1.27 bits per heavy atom. The summed E-state index contributed by atoms with van der Waals surface area (Å²) in [5.74, 6) is 0. The maximum atomic E-state index is 4.56. The lowest BCUT2D eigenvalue weighted by molar-refractivity contribution is 0.690. The Morgan fingerprint density at radius 3 is 2.00 bits per heavy atom. The quantitative estimate of drug-likeness (QED) is 0.474. The fourth-order valence-electron chi connectivity index (χ4n) is 2.89. The van der Waals surface area contributed by atoms with Crippen LogP contribution >= 0.6 is 11.3 Å². The number of benzene rings is 3. The third-order valence-corrected chi connectivity index (χ3v) is 5.32. The van der Waals surface area contributed by atoms with Crippen LogP contribution in [0.1, 0.15) is 10.6 Å². The van der Waals surface area contributed by atoms with Gasteiger partial charge in [-0.2, -0.15) is 0 Å². The number of nitrogens with one attached hydrogen (secondary N) is 1. The lowest BCUT2D eigenvalue weighted by Crippen LogP contribution is -2.12. The molecule has 3 heteroatoms. The number of nitrogens with zero attached hydrogens (tertiary/aromatic N) is 1. The molecule has 26 heavy (non-hydrogen) atoms. The van der Waals surface area contributed by atoms with Gasteiger partial charge < -0.3 is 5.32 Å². The number of thiazole rings is 1. The summed E-state index contributed by atoms with van der Waals surface area (Å²) in [5.41, 5.74) is 5.00. The molecule has 0 saturated carbocycles.